The third-order valence-electron chi connectivity index (χ3n) is 6.22. The molecule has 2 aromatic carbocycles. The van der Waals surface area contributed by atoms with Crippen LogP contribution in [-0.4, -0.2) is 67.3 Å². The molecule has 0 saturated carbocycles. The first-order valence-corrected chi connectivity index (χ1v) is 11.5. The van der Waals surface area contributed by atoms with E-state index in [-0.39, 0.29) is 36.9 Å². The number of hydrogen-bond acceptors (Lipinski definition) is 9. The van der Waals surface area contributed by atoms with E-state index in [4.69, 9.17) is 19.5 Å². The van der Waals surface area contributed by atoms with Crippen molar-refractivity contribution in [3.63, 3.8) is 0 Å². The summed E-state index contributed by atoms with van der Waals surface area (Å²) < 4.78 is 21.3. The Kier molecular flexibility index (Phi) is 5.93. The lowest BCUT2D eigenvalue weighted by Crippen LogP contribution is -2.45. The molecule has 13 nitrogen and oxygen atoms in total. The Balaban J connectivity index is 1.09. The van der Waals surface area contributed by atoms with Gasteiger partial charge in [-0.25, -0.2) is 9.78 Å². The molecule has 2 amide bonds. The predicted molar refractivity (Wildman–Crippen MR) is 127 cm³/mol. The van der Waals surface area contributed by atoms with Crippen LogP contribution in [0.1, 0.15) is 11.6 Å². The van der Waals surface area contributed by atoms with Crippen LogP contribution in [0.3, 0.4) is 0 Å². The monoisotopic (exact) mass is 499 g/mol. The molecule has 4 heterocycles. The van der Waals surface area contributed by atoms with E-state index in [0.29, 0.717) is 23.6 Å². The smallest absolute Gasteiger partial charge is 0.341 e. The number of amides is 2. The fourth-order valence-electron chi connectivity index (χ4n) is 4.48. The number of carbonyl (C=O) groups excluding carboxylic acids is 1. The maximum absolute atomic E-state index is 12.5. The van der Waals surface area contributed by atoms with Crippen LogP contribution in [0.2, 0.25) is 0 Å². The second-order valence-electron chi connectivity index (χ2n) is 8.53. The normalized spacial score (nSPS) is 22.2. The number of nitrogens with one attached hydrogen (secondary N) is 2. The zero-order valence-corrected chi connectivity index (χ0v) is 19.3. The minimum atomic E-state index is -0.415. The molecule has 6 rings (SSSR count). The van der Waals surface area contributed by atoms with E-state index in [9.17, 15) is 4.79 Å². The summed E-state index contributed by atoms with van der Waals surface area (Å²) in [6, 6.07) is 15.3. The predicted octanol–water partition coefficient (Wildman–Crippen LogP) is 2.05. The molecule has 0 radical (unpaired) electrons. The lowest BCUT2D eigenvalue weighted by atomic mass is 10.1. The standard InChI is InChI=1S/C24H21N9O4/c25-11-15-2-1-3-16(10-15)27-23(34)28-19-12-35-22-20(13-36-21(19)22)33-24(29-30-31-33)37-18-6-4-17(5-7-18)32-9-8-26-14-32/h1-10,14,19-22H,12-13H2,(H2,27,28,34)/t19-,20?,21+,22+/m0/s1. The molecule has 0 bridgehead atoms. The molecule has 186 valence electrons. The highest BCUT2D eigenvalue weighted by Gasteiger charge is 2.50. The Morgan fingerprint density at radius 3 is 2.81 bits per heavy atom. The number of fused-ring (bicyclic) bond motifs is 1. The van der Waals surface area contributed by atoms with Crippen molar-refractivity contribution in [1.29, 1.82) is 5.26 Å². The lowest BCUT2D eigenvalue weighted by molar-refractivity contribution is 0.0613. The number of rotatable bonds is 6. The van der Waals surface area contributed by atoms with Crippen LogP contribution in [-0.2, 0) is 9.47 Å². The van der Waals surface area contributed by atoms with Crippen LogP contribution in [0, 0.1) is 11.3 Å². The van der Waals surface area contributed by atoms with Crippen molar-refractivity contribution in [3.05, 3.63) is 72.8 Å². The zero-order chi connectivity index (χ0) is 25.2. The first kappa shape index (κ1) is 22.7. The summed E-state index contributed by atoms with van der Waals surface area (Å²) in [4.78, 5) is 16.6. The molecule has 2 aromatic heterocycles. The van der Waals surface area contributed by atoms with Gasteiger partial charge in [0, 0.05) is 23.8 Å². The molecule has 0 aliphatic carbocycles. The SMILES string of the molecule is N#Cc1cccc(NC(=O)N[C@H]2CO[C@@H]3C(n4nnnc4Oc4ccc(-n5ccnc5)cc4)CO[C@H]23)c1. The van der Waals surface area contributed by atoms with Gasteiger partial charge in [0.2, 0.25) is 0 Å². The number of nitrogens with zero attached hydrogens (tertiary/aromatic N) is 7. The highest BCUT2D eigenvalue weighted by atomic mass is 16.6. The van der Waals surface area contributed by atoms with Crippen LogP contribution in [0.25, 0.3) is 5.69 Å². The van der Waals surface area contributed by atoms with Crippen molar-refractivity contribution >= 4 is 11.7 Å². The maximum atomic E-state index is 12.5. The van der Waals surface area contributed by atoms with Crippen LogP contribution in [0.15, 0.2) is 67.3 Å². The Labute approximate surface area is 210 Å². The van der Waals surface area contributed by atoms with Gasteiger partial charge in [0.25, 0.3) is 0 Å². The van der Waals surface area contributed by atoms with Gasteiger partial charge in [-0.3, -0.25) is 0 Å². The molecular formula is C24H21N9O4. The van der Waals surface area contributed by atoms with Crippen LogP contribution >= 0.6 is 0 Å². The molecular weight excluding hydrogens is 478 g/mol. The highest BCUT2D eigenvalue weighted by molar-refractivity contribution is 5.89. The summed E-state index contributed by atoms with van der Waals surface area (Å²) in [5, 5.41) is 26.6. The number of imidazole rings is 1. The molecule has 4 aromatic rings. The largest absolute Gasteiger partial charge is 0.423 e. The third kappa shape index (κ3) is 4.58. The molecule has 2 fully saturated rings. The summed E-state index contributed by atoms with van der Waals surface area (Å²) in [6.45, 7) is 0.561. The van der Waals surface area contributed by atoms with E-state index in [0.717, 1.165) is 5.69 Å². The fourth-order valence-corrected chi connectivity index (χ4v) is 4.48. The van der Waals surface area contributed by atoms with Crippen LogP contribution in [0.4, 0.5) is 10.5 Å². The van der Waals surface area contributed by atoms with Crippen molar-refractivity contribution in [2.45, 2.75) is 24.3 Å². The number of aromatic nitrogens is 6. The molecule has 2 aliphatic rings. The van der Waals surface area contributed by atoms with Crippen molar-refractivity contribution < 1.29 is 19.0 Å². The molecule has 4 atom stereocenters. The van der Waals surface area contributed by atoms with Crippen LogP contribution < -0.4 is 15.4 Å². The summed E-state index contributed by atoms with van der Waals surface area (Å²) in [7, 11) is 0. The van der Waals surface area contributed by atoms with Gasteiger partial charge in [0.15, 0.2) is 0 Å². The number of nitriles is 1. The van der Waals surface area contributed by atoms with E-state index < -0.39 is 6.03 Å². The van der Waals surface area contributed by atoms with Gasteiger partial charge in [-0.15, -0.1) is 0 Å². The zero-order valence-electron chi connectivity index (χ0n) is 19.3. The van der Waals surface area contributed by atoms with Gasteiger partial charge < -0.3 is 29.4 Å². The minimum Gasteiger partial charge on any atom is -0.423 e. The Morgan fingerprint density at radius 2 is 2.00 bits per heavy atom. The lowest BCUT2D eigenvalue weighted by Gasteiger charge is -2.18. The number of hydrogen-bond donors (Lipinski definition) is 2. The van der Waals surface area contributed by atoms with Crippen molar-refractivity contribution in [1.82, 2.24) is 35.1 Å². The van der Waals surface area contributed by atoms with Gasteiger partial charge in [0.05, 0.1) is 37.2 Å². The Morgan fingerprint density at radius 1 is 1.14 bits per heavy atom. The van der Waals surface area contributed by atoms with E-state index in [1.54, 1.807) is 41.5 Å². The molecule has 1 unspecified atom stereocenters. The summed E-state index contributed by atoms with van der Waals surface area (Å²) in [6.07, 6.45) is 4.52. The maximum Gasteiger partial charge on any atom is 0.341 e. The van der Waals surface area contributed by atoms with Crippen LogP contribution in [0.5, 0.6) is 11.8 Å². The molecule has 37 heavy (non-hydrogen) atoms. The van der Waals surface area contributed by atoms with Gasteiger partial charge in [-0.2, -0.15) is 9.94 Å². The second-order valence-corrected chi connectivity index (χ2v) is 8.53. The fraction of sp³-hybridized carbons (Fsp3) is 0.250. The number of carbonyl (C=O) groups is 1. The Bertz CT molecular complexity index is 1430. The Hall–Kier alpha value is -4.80. The van der Waals surface area contributed by atoms with E-state index >= 15 is 0 Å². The summed E-state index contributed by atoms with van der Waals surface area (Å²) >= 11 is 0. The van der Waals surface area contributed by atoms with E-state index in [2.05, 4.69) is 31.1 Å². The van der Waals surface area contributed by atoms with Crippen molar-refractivity contribution in [2.24, 2.45) is 0 Å². The topological polar surface area (TPSA) is 154 Å². The highest BCUT2D eigenvalue weighted by Crippen LogP contribution is 2.36. The average Bonchev–Trinajstić information content (AvgIpc) is 3.71. The summed E-state index contributed by atoms with van der Waals surface area (Å²) in [5.74, 6) is 0.569. The number of benzene rings is 2. The van der Waals surface area contributed by atoms with Crippen molar-refractivity contribution in [3.8, 4) is 23.5 Å². The van der Waals surface area contributed by atoms with E-state index in [1.807, 2.05) is 41.1 Å². The first-order chi connectivity index (χ1) is 18.2. The average molecular weight is 499 g/mol. The third-order valence-corrected chi connectivity index (χ3v) is 6.22. The molecule has 13 heteroatoms. The number of urea groups is 1. The quantitative estimate of drug-likeness (QED) is 0.406. The number of ether oxygens (including phenoxy) is 3. The van der Waals surface area contributed by atoms with Gasteiger partial charge in [-0.05, 0) is 52.9 Å². The van der Waals surface area contributed by atoms with Gasteiger partial charge in [0.1, 0.15) is 24.0 Å². The van der Waals surface area contributed by atoms with E-state index in [1.165, 1.54) is 0 Å². The molecule has 2 N–H and O–H groups in total. The van der Waals surface area contributed by atoms with Gasteiger partial charge >= 0.3 is 12.0 Å². The summed E-state index contributed by atoms with van der Waals surface area (Å²) in [5.41, 5.74) is 1.92. The number of tetrazole rings is 1. The first-order valence-electron chi connectivity index (χ1n) is 11.5. The molecule has 0 spiro atoms. The number of anilines is 1. The second kappa shape index (κ2) is 9.69. The molecule has 2 saturated heterocycles. The van der Waals surface area contributed by atoms with Crippen molar-refractivity contribution in [2.75, 3.05) is 18.5 Å². The molecule has 2 aliphatic heterocycles. The minimum absolute atomic E-state index is 0.208. The van der Waals surface area contributed by atoms with Gasteiger partial charge in [-0.1, -0.05) is 11.2 Å².